The Morgan fingerprint density at radius 1 is 1.48 bits per heavy atom. The Labute approximate surface area is 134 Å². The second-order valence-corrected chi connectivity index (χ2v) is 6.38. The maximum Gasteiger partial charge on any atom is 0.239 e. The number of hydrogen-bond acceptors (Lipinski definition) is 3. The van der Waals surface area contributed by atoms with Crippen molar-refractivity contribution in [2.24, 2.45) is 5.73 Å². The van der Waals surface area contributed by atoms with E-state index in [0.717, 1.165) is 24.8 Å². The van der Waals surface area contributed by atoms with Gasteiger partial charge in [0.2, 0.25) is 5.91 Å². The molecule has 1 aromatic carbocycles. The van der Waals surface area contributed by atoms with Gasteiger partial charge in [-0.2, -0.15) is 0 Å². The van der Waals surface area contributed by atoms with Gasteiger partial charge in [0.05, 0.1) is 6.61 Å². The number of benzene rings is 1. The van der Waals surface area contributed by atoms with Crippen molar-refractivity contribution in [1.82, 2.24) is 5.32 Å². The third-order valence-electron chi connectivity index (χ3n) is 4.10. The van der Waals surface area contributed by atoms with E-state index in [1.807, 2.05) is 12.1 Å². The summed E-state index contributed by atoms with van der Waals surface area (Å²) < 4.78 is 4.89. The monoisotopic (exact) mass is 330 g/mol. The fourth-order valence-electron chi connectivity index (χ4n) is 2.71. The Bertz CT molecular complexity index is 518. The third kappa shape index (κ3) is 3.69. The first-order chi connectivity index (χ1) is 9.98. The molecule has 1 unspecified atom stereocenters. The number of amides is 1. The number of ether oxygens (including phenoxy) is 1. The van der Waals surface area contributed by atoms with Crippen molar-refractivity contribution >= 4 is 29.1 Å². The predicted molar refractivity (Wildman–Crippen MR) is 84.9 cm³/mol. The summed E-state index contributed by atoms with van der Waals surface area (Å²) in [5.74, 6) is -0.201. The first kappa shape index (κ1) is 16.6. The van der Waals surface area contributed by atoms with E-state index in [1.165, 1.54) is 7.11 Å². The quantitative estimate of drug-likeness (QED) is 0.842. The van der Waals surface area contributed by atoms with Crippen molar-refractivity contribution in [3.05, 3.63) is 33.8 Å². The summed E-state index contributed by atoms with van der Waals surface area (Å²) in [5.41, 5.74) is 6.66. The molecule has 0 bridgehead atoms. The molecule has 0 radical (unpaired) electrons. The summed E-state index contributed by atoms with van der Waals surface area (Å²) in [6.45, 7) is 0.741. The lowest BCUT2D eigenvalue weighted by atomic mass is 9.64. The number of hydrogen-bond donors (Lipinski definition) is 2. The van der Waals surface area contributed by atoms with Crippen molar-refractivity contribution < 1.29 is 9.53 Å². The third-order valence-corrected chi connectivity index (χ3v) is 4.64. The van der Waals surface area contributed by atoms with Gasteiger partial charge in [0.15, 0.2) is 0 Å². The van der Waals surface area contributed by atoms with Gasteiger partial charge < -0.3 is 15.8 Å². The summed E-state index contributed by atoms with van der Waals surface area (Å²) in [4.78, 5) is 11.9. The fourth-order valence-corrected chi connectivity index (χ4v) is 3.32. The molecular weight excluding hydrogens is 311 g/mol. The lowest BCUT2D eigenvalue weighted by molar-refractivity contribution is -0.123. The highest BCUT2D eigenvalue weighted by molar-refractivity contribution is 6.35. The Balaban J connectivity index is 2.07. The summed E-state index contributed by atoms with van der Waals surface area (Å²) in [7, 11) is 1.52. The van der Waals surface area contributed by atoms with Crippen molar-refractivity contribution in [3.8, 4) is 0 Å². The summed E-state index contributed by atoms with van der Waals surface area (Å²) in [5, 5.41) is 4.18. The molecule has 0 spiro atoms. The number of carbonyl (C=O) groups is 1. The molecule has 21 heavy (non-hydrogen) atoms. The van der Waals surface area contributed by atoms with Gasteiger partial charge >= 0.3 is 0 Å². The van der Waals surface area contributed by atoms with E-state index in [0.29, 0.717) is 16.6 Å². The van der Waals surface area contributed by atoms with Crippen LogP contribution in [0.15, 0.2) is 18.2 Å². The molecule has 1 atom stereocenters. The van der Waals surface area contributed by atoms with Crippen LogP contribution in [0.1, 0.15) is 24.8 Å². The first-order valence-electron chi connectivity index (χ1n) is 6.96. The van der Waals surface area contributed by atoms with Gasteiger partial charge in [0.25, 0.3) is 0 Å². The van der Waals surface area contributed by atoms with E-state index >= 15 is 0 Å². The van der Waals surface area contributed by atoms with Crippen molar-refractivity contribution in [2.75, 3.05) is 20.3 Å². The molecular formula is C15H20Cl2N2O2. The molecule has 4 nitrogen and oxygen atoms in total. The molecule has 2 rings (SSSR count). The average molecular weight is 331 g/mol. The van der Waals surface area contributed by atoms with E-state index in [1.54, 1.807) is 6.07 Å². The molecule has 1 saturated carbocycles. The highest BCUT2D eigenvalue weighted by Crippen LogP contribution is 2.46. The lowest BCUT2D eigenvalue weighted by Crippen LogP contribution is -2.50. The minimum Gasteiger partial charge on any atom is -0.383 e. The van der Waals surface area contributed by atoms with Gasteiger partial charge in [0, 0.05) is 29.1 Å². The van der Waals surface area contributed by atoms with Crippen LogP contribution >= 0.6 is 23.2 Å². The predicted octanol–water partition coefficient (Wildman–Crippen LogP) is 2.51. The standard InChI is InChI=1S/C15H20Cl2N2O2/c1-21-8-13(18)14(20)19-9-15(5-2-6-15)11-4-3-10(16)7-12(11)17/h3-4,7,13H,2,5-6,8-9,18H2,1H3,(H,19,20). The number of nitrogens with one attached hydrogen (secondary N) is 1. The van der Waals surface area contributed by atoms with Crippen LogP contribution in [0.25, 0.3) is 0 Å². The van der Waals surface area contributed by atoms with Crippen molar-refractivity contribution in [3.63, 3.8) is 0 Å². The molecule has 116 valence electrons. The molecule has 1 aliphatic carbocycles. The van der Waals surface area contributed by atoms with Crippen LogP contribution in [-0.2, 0) is 14.9 Å². The zero-order valence-corrected chi connectivity index (χ0v) is 13.5. The SMILES string of the molecule is COCC(N)C(=O)NCC1(c2ccc(Cl)cc2Cl)CCC1. The summed E-state index contributed by atoms with van der Waals surface area (Å²) in [6.07, 6.45) is 3.11. The maximum atomic E-state index is 11.9. The molecule has 6 heteroatoms. The first-order valence-corrected chi connectivity index (χ1v) is 7.72. The topological polar surface area (TPSA) is 64.3 Å². The van der Waals surface area contributed by atoms with E-state index in [2.05, 4.69) is 5.32 Å². The summed E-state index contributed by atoms with van der Waals surface area (Å²) >= 11 is 12.3. The molecule has 1 fully saturated rings. The Morgan fingerprint density at radius 3 is 2.71 bits per heavy atom. The normalized spacial score (nSPS) is 17.9. The molecule has 0 aliphatic heterocycles. The van der Waals surface area contributed by atoms with Crippen LogP contribution in [-0.4, -0.2) is 32.2 Å². The van der Waals surface area contributed by atoms with Gasteiger partial charge in [-0.05, 0) is 30.5 Å². The Hall–Kier alpha value is -0.810. The second kappa shape index (κ2) is 6.97. The highest BCUT2D eigenvalue weighted by atomic mass is 35.5. The number of carbonyl (C=O) groups excluding carboxylic acids is 1. The van der Waals surface area contributed by atoms with E-state index < -0.39 is 6.04 Å². The minimum atomic E-state index is -0.646. The summed E-state index contributed by atoms with van der Waals surface area (Å²) in [6, 6.07) is 4.89. The van der Waals surface area contributed by atoms with Gasteiger partial charge in [-0.1, -0.05) is 35.7 Å². The van der Waals surface area contributed by atoms with E-state index in [9.17, 15) is 4.79 Å². The van der Waals surface area contributed by atoms with Crippen LogP contribution in [0.3, 0.4) is 0 Å². The molecule has 0 aromatic heterocycles. The maximum absolute atomic E-state index is 11.9. The molecule has 3 N–H and O–H groups in total. The molecule has 1 amide bonds. The Morgan fingerprint density at radius 2 is 2.19 bits per heavy atom. The van der Waals surface area contributed by atoms with Gasteiger partial charge in [-0.15, -0.1) is 0 Å². The zero-order chi connectivity index (χ0) is 15.5. The zero-order valence-electron chi connectivity index (χ0n) is 12.0. The molecule has 1 aromatic rings. The smallest absolute Gasteiger partial charge is 0.239 e. The van der Waals surface area contributed by atoms with Crippen LogP contribution in [0.5, 0.6) is 0 Å². The minimum absolute atomic E-state index is 0.107. The molecule has 1 aliphatic rings. The van der Waals surface area contributed by atoms with Gasteiger partial charge in [-0.25, -0.2) is 0 Å². The van der Waals surface area contributed by atoms with Gasteiger partial charge in [-0.3, -0.25) is 4.79 Å². The van der Waals surface area contributed by atoms with Crippen LogP contribution in [0.4, 0.5) is 0 Å². The fraction of sp³-hybridized carbons (Fsp3) is 0.533. The van der Waals surface area contributed by atoms with Crippen molar-refractivity contribution in [2.45, 2.75) is 30.7 Å². The van der Waals surface area contributed by atoms with Crippen LogP contribution < -0.4 is 11.1 Å². The lowest BCUT2D eigenvalue weighted by Gasteiger charge is -2.43. The molecule has 0 heterocycles. The highest BCUT2D eigenvalue weighted by Gasteiger charge is 2.40. The average Bonchev–Trinajstić information content (AvgIpc) is 2.39. The largest absolute Gasteiger partial charge is 0.383 e. The van der Waals surface area contributed by atoms with E-state index in [-0.39, 0.29) is 17.9 Å². The van der Waals surface area contributed by atoms with E-state index in [4.69, 9.17) is 33.7 Å². The number of nitrogens with two attached hydrogens (primary N) is 1. The molecule has 0 saturated heterocycles. The van der Waals surface area contributed by atoms with Crippen LogP contribution in [0, 0.1) is 0 Å². The number of rotatable bonds is 6. The number of halogens is 2. The second-order valence-electron chi connectivity index (χ2n) is 5.54. The van der Waals surface area contributed by atoms with Crippen molar-refractivity contribution in [1.29, 1.82) is 0 Å². The van der Waals surface area contributed by atoms with Gasteiger partial charge in [0.1, 0.15) is 6.04 Å². The Kier molecular flexibility index (Phi) is 5.49. The van der Waals surface area contributed by atoms with Crippen LogP contribution in [0.2, 0.25) is 10.0 Å². The number of methoxy groups -OCH3 is 1.